The van der Waals surface area contributed by atoms with Gasteiger partial charge in [-0.15, -0.1) is 0 Å². The van der Waals surface area contributed by atoms with E-state index in [1.165, 1.54) is 13.8 Å². The van der Waals surface area contributed by atoms with E-state index in [4.69, 9.17) is 18.9 Å². The van der Waals surface area contributed by atoms with Crippen molar-refractivity contribution < 1.29 is 38.4 Å². The van der Waals surface area contributed by atoms with Crippen LogP contribution in [0.3, 0.4) is 0 Å². The molecule has 1 saturated carbocycles. The molecule has 3 aliphatic rings. The van der Waals surface area contributed by atoms with Crippen molar-refractivity contribution in [2.24, 2.45) is 28.6 Å². The molecule has 0 amide bonds. The van der Waals surface area contributed by atoms with Crippen LogP contribution < -0.4 is 0 Å². The summed E-state index contributed by atoms with van der Waals surface area (Å²) < 4.78 is 23.2. The predicted molar refractivity (Wildman–Crippen MR) is 137 cm³/mol. The van der Waals surface area contributed by atoms with E-state index in [1.807, 2.05) is 13.8 Å². The van der Waals surface area contributed by atoms with Crippen LogP contribution in [0.15, 0.2) is 36.5 Å². The van der Waals surface area contributed by atoms with Gasteiger partial charge in [-0.2, -0.15) is 0 Å². The molecule has 0 bridgehead atoms. The molecule has 1 aliphatic heterocycles. The fourth-order valence-electron chi connectivity index (χ4n) is 6.45. The summed E-state index contributed by atoms with van der Waals surface area (Å²) in [5.41, 5.74) is -0.169. The Balaban J connectivity index is 2.19. The predicted octanol–water partition coefficient (Wildman–Crippen LogP) is 4.62. The third kappa shape index (κ3) is 5.28. The van der Waals surface area contributed by atoms with E-state index in [0.29, 0.717) is 31.3 Å². The number of rotatable bonds is 9. The van der Waals surface area contributed by atoms with Crippen molar-refractivity contribution in [1.29, 1.82) is 0 Å². The second kappa shape index (κ2) is 11.1. The van der Waals surface area contributed by atoms with Gasteiger partial charge in [-0.3, -0.25) is 19.1 Å². The van der Waals surface area contributed by atoms with Crippen molar-refractivity contribution in [3.05, 3.63) is 36.5 Å². The molecule has 8 nitrogen and oxygen atoms in total. The summed E-state index contributed by atoms with van der Waals surface area (Å²) >= 11 is 0. The molecule has 37 heavy (non-hydrogen) atoms. The fraction of sp³-hybridized carbons (Fsp3) is 0.690. The number of aliphatic hydroxyl groups excluding tert-OH is 1. The average molecular weight is 519 g/mol. The number of aliphatic hydroxyl groups is 1. The Morgan fingerprint density at radius 1 is 1.22 bits per heavy atom. The van der Waals surface area contributed by atoms with Gasteiger partial charge < -0.3 is 19.3 Å². The molecule has 206 valence electrons. The lowest BCUT2D eigenvalue weighted by Crippen LogP contribution is -2.63. The van der Waals surface area contributed by atoms with Crippen LogP contribution >= 0.6 is 0 Å². The van der Waals surface area contributed by atoms with Gasteiger partial charge in [-0.25, -0.2) is 0 Å². The Hall–Kier alpha value is -2.45. The zero-order valence-corrected chi connectivity index (χ0v) is 23.0. The summed E-state index contributed by atoms with van der Waals surface area (Å²) in [6.07, 6.45) is 2.45. The topological polar surface area (TPSA) is 108 Å². The van der Waals surface area contributed by atoms with Crippen LogP contribution in [0.2, 0.25) is 0 Å². The van der Waals surface area contributed by atoms with Crippen molar-refractivity contribution in [3.63, 3.8) is 0 Å². The fourth-order valence-corrected chi connectivity index (χ4v) is 6.45. The highest BCUT2D eigenvalue weighted by atomic mass is 16.8. The largest absolute Gasteiger partial charge is 0.458 e. The first-order chi connectivity index (χ1) is 17.3. The van der Waals surface area contributed by atoms with Crippen LogP contribution in [0.4, 0.5) is 0 Å². The Morgan fingerprint density at radius 2 is 1.86 bits per heavy atom. The standard InChI is InChI=1S/C29H42O8/c1-9-16(3)11-12-28(8)18(5)13-24(32)29-22(26(34-19(6)30)37-27(29)35-20(7)31)14-21(15-23(28)29)36-25(33)17(4)10-2/h9,14,17-18,21,23-24,26-27,32H,1,3,10-13,15H2,2,4-8H3/t17-,18-,21+,23+,24+,26+,27-,28-,29-/m0/s1. The van der Waals surface area contributed by atoms with Crippen LogP contribution in [0, 0.1) is 28.6 Å². The van der Waals surface area contributed by atoms with Crippen LogP contribution in [0.25, 0.3) is 0 Å². The minimum Gasteiger partial charge on any atom is -0.458 e. The van der Waals surface area contributed by atoms with Gasteiger partial charge >= 0.3 is 17.9 Å². The molecule has 0 aromatic rings. The first-order valence-electron chi connectivity index (χ1n) is 13.2. The maximum atomic E-state index is 12.8. The summed E-state index contributed by atoms with van der Waals surface area (Å²) in [6, 6.07) is 0. The van der Waals surface area contributed by atoms with Crippen LogP contribution in [0.5, 0.6) is 0 Å². The lowest BCUT2D eigenvalue weighted by atomic mass is 9.45. The lowest BCUT2D eigenvalue weighted by molar-refractivity contribution is -0.254. The highest BCUT2D eigenvalue weighted by molar-refractivity contribution is 5.72. The molecule has 2 aliphatic carbocycles. The van der Waals surface area contributed by atoms with Gasteiger partial charge in [-0.1, -0.05) is 52.5 Å². The van der Waals surface area contributed by atoms with Gasteiger partial charge in [0.2, 0.25) is 12.6 Å². The first-order valence-corrected chi connectivity index (χ1v) is 13.2. The van der Waals surface area contributed by atoms with E-state index in [2.05, 4.69) is 27.0 Å². The van der Waals surface area contributed by atoms with E-state index >= 15 is 0 Å². The molecule has 0 radical (unpaired) electrons. The van der Waals surface area contributed by atoms with Crippen molar-refractivity contribution in [2.75, 3.05) is 0 Å². The number of carbonyl (C=O) groups excluding carboxylic acids is 3. The van der Waals surface area contributed by atoms with Crippen molar-refractivity contribution in [2.45, 2.75) is 98.4 Å². The summed E-state index contributed by atoms with van der Waals surface area (Å²) in [5, 5.41) is 11.7. The van der Waals surface area contributed by atoms with E-state index in [0.717, 1.165) is 12.0 Å². The van der Waals surface area contributed by atoms with E-state index in [9.17, 15) is 19.5 Å². The van der Waals surface area contributed by atoms with Gasteiger partial charge in [-0.05, 0) is 55.4 Å². The van der Waals surface area contributed by atoms with Crippen LogP contribution in [-0.4, -0.2) is 47.8 Å². The quantitative estimate of drug-likeness (QED) is 0.204. The molecule has 2 fully saturated rings. The number of esters is 3. The van der Waals surface area contributed by atoms with Crippen LogP contribution in [-0.2, 0) is 33.3 Å². The molecule has 0 aromatic carbocycles. The molecule has 1 N–H and O–H groups in total. The first kappa shape index (κ1) is 29.1. The monoisotopic (exact) mass is 518 g/mol. The molecule has 3 rings (SSSR count). The maximum Gasteiger partial charge on any atom is 0.309 e. The molecular formula is C29H42O8. The SMILES string of the molecule is C=CC(=C)CC[C@]1(C)[C@H]2C[C@H](OC(=O)[C@@H](C)CC)C=C3[C@H](OC(C)=O)O[C@H](OC(C)=O)[C@@]32[C@H](O)C[C@@H]1C. The second-order valence-electron chi connectivity index (χ2n) is 11.2. The number of hydrogen-bond acceptors (Lipinski definition) is 8. The molecule has 0 aromatic heterocycles. The van der Waals surface area contributed by atoms with E-state index in [-0.39, 0.29) is 23.7 Å². The Kier molecular flexibility index (Phi) is 8.75. The van der Waals surface area contributed by atoms with Gasteiger partial charge in [0.1, 0.15) is 6.10 Å². The Morgan fingerprint density at radius 3 is 2.43 bits per heavy atom. The number of allylic oxidation sites excluding steroid dienone is 2. The van der Waals surface area contributed by atoms with Gasteiger partial charge in [0.25, 0.3) is 0 Å². The smallest absolute Gasteiger partial charge is 0.309 e. The second-order valence-corrected chi connectivity index (χ2v) is 11.2. The molecule has 8 heteroatoms. The third-order valence-electron chi connectivity index (χ3n) is 8.95. The summed E-state index contributed by atoms with van der Waals surface area (Å²) in [4.78, 5) is 37.0. The average Bonchev–Trinajstić information content (AvgIpc) is 3.12. The lowest BCUT2D eigenvalue weighted by Gasteiger charge is -2.60. The van der Waals surface area contributed by atoms with E-state index < -0.39 is 47.6 Å². The maximum absolute atomic E-state index is 12.8. The summed E-state index contributed by atoms with van der Waals surface area (Å²) in [6.45, 7) is 18.5. The minimum atomic E-state index is -1.18. The van der Waals surface area contributed by atoms with Crippen molar-refractivity contribution in [3.8, 4) is 0 Å². The molecule has 1 heterocycles. The summed E-state index contributed by atoms with van der Waals surface area (Å²) in [5.74, 6) is -1.99. The minimum absolute atomic E-state index is 0.0757. The Labute approximate surface area is 220 Å². The number of ether oxygens (including phenoxy) is 4. The summed E-state index contributed by atoms with van der Waals surface area (Å²) in [7, 11) is 0. The van der Waals surface area contributed by atoms with E-state index in [1.54, 1.807) is 12.2 Å². The normalized spacial score (nSPS) is 37.3. The van der Waals surface area contributed by atoms with Crippen molar-refractivity contribution >= 4 is 17.9 Å². The van der Waals surface area contributed by atoms with Crippen molar-refractivity contribution in [1.82, 2.24) is 0 Å². The highest BCUT2D eigenvalue weighted by Gasteiger charge is 2.71. The number of carbonyl (C=O) groups is 3. The molecule has 1 saturated heterocycles. The zero-order valence-electron chi connectivity index (χ0n) is 23.0. The van der Waals surface area contributed by atoms with Gasteiger partial charge in [0.05, 0.1) is 17.4 Å². The third-order valence-corrected chi connectivity index (χ3v) is 8.95. The zero-order chi connectivity index (χ0) is 27.7. The highest BCUT2D eigenvalue weighted by Crippen LogP contribution is 2.67. The number of hydrogen-bond donors (Lipinski definition) is 1. The molecule has 0 unspecified atom stereocenters. The van der Waals surface area contributed by atoms with Crippen LogP contribution in [0.1, 0.15) is 73.6 Å². The molecule has 9 atom stereocenters. The van der Waals surface area contributed by atoms with Gasteiger partial charge in [0, 0.05) is 19.4 Å². The Bertz CT molecular complexity index is 969. The van der Waals surface area contributed by atoms with Gasteiger partial charge in [0.15, 0.2) is 0 Å². The molecular weight excluding hydrogens is 476 g/mol. The molecule has 1 spiro atoms.